The van der Waals surface area contributed by atoms with Crippen molar-refractivity contribution in [3.63, 3.8) is 0 Å². The normalized spacial score (nSPS) is 11.2. The molecule has 0 saturated heterocycles. The number of phenolic OH excluding ortho intramolecular Hbond substituents is 2. The molecule has 4 aromatic carbocycles. The minimum atomic E-state index is 0.0195. The molecule has 0 heterocycles. The Morgan fingerprint density at radius 1 is 0.808 bits per heavy atom. The van der Waals surface area contributed by atoms with Crippen LogP contribution in [0.4, 0.5) is 0 Å². The van der Waals surface area contributed by atoms with Gasteiger partial charge in [0.25, 0.3) is 0 Å². The molecule has 0 aromatic heterocycles. The van der Waals surface area contributed by atoms with Crippen LogP contribution >= 0.6 is 0 Å². The van der Waals surface area contributed by atoms with Crippen molar-refractivity contribution in [1.82, 2.24) is 0 Å². The Bertz CT molecular complexity index is 1170. The van der Waals surface area contributed by atoms with Gasteiger partial charge < -0.3 is 10.2 Å². The van der Waals surface area contributed by atoms with Crippen molar-refractivity contribution in [3.8, 4) is 22.6 Å². The number of aromatic hydroxyl groups is 2. The first kappa shape index (κ1) is 16.2. The van der Waals surface area contributed by atoms with E-state index in [9.17, 15) is 15.0 Å². The number of hydrogen-bond donors (Lipinski definition) is 2. The molecular formula is C23H18O3. The van der Waals surface area contributed by atoms with Gasteiger partial charge in [-0.2, -0.15) is 0 Å². The molecule has 0 fully saturated rings. The monoisotopic (exact) mass is 342 g/mol. The van der Waals surface area contributed by atoms with Crippen molar-refractivity contribution >= 4 is 27.3 Å². The Morgan fingerprint density at radius 3 is 2.23 bits per heavy atom. The number of carbonyl (C=O) groups excluding carboxylic acids is 1. The Labute approximate surface area is 151 Å². The van der Waals surface area contributed by atoms with Crippen LogP contribution in [0.15, 0.2) is 60.7 Å². The summed E-state index contributed by atoms with van der Waals surface area (Å²) < 4.78 is 0. The third kappa shape index (κ3) is 2.58. The lowest BCUT2D eigenvalue weighted by Gasteiger charge is -2.14. The van der Waals surface area contributed by atoms with Gasteiger partial charge in [0.2, 0.25) is 0 Å². The van der Waals surface area contributed by atoms with E-state index in [4.69, 9.17) is 0 Å². The smallest absolute Gasteiger partial charge is 0.159 e. The zero-order valence-electron chi connectivity index (χ0n) is 14.6. The average molecular weight is 342 g/mol. The van der Waals surface area contributed by atoms with E-state index in [2.05, 4.69) is 0 Å². The maximum Gasteiger partial charge on any atom is 0.159 e. The summed E-state index contributed by atoms with van der Waals surface area (Å²) in [6.07, 6.45) is 0. The fraction of sp³-hybridized carbons (Fsp3) is 0.0870. The summed E-state index contributed by atoms with van der Waals surface area (Å²) in [5.41, 5.74) is 3.54. The van der Waals surface area contributed by atoms with E-state index in [0.717, 1.165) is 38.2 Å². The molecular weight excluding hydrogens is 324 g/mol. The number of Topliss-reactive ketones (excluding diaryl/α,β-unsaturated/α-hetero) is 1. The number of aryl methyl sites for hydroxylation is 1. The van der Waals surface area contributed by atoms with E-state index in [1.54, 1.807) is 31.2 Å². The SMILES string of the molecule is CC(=O)c1ccc2c(c1)c(-c1ccc(O)cc1)cc1cc(O)cc(C)c12. The van der Waals surface area contributed by atoms with E-state index in [1.165, 1.54) is 0 Å². The summed E-state index contributed by atoms with van der Waals surface area (Å²) in [5, 5.41) is 23.6. The molecule has 128 valence electrons. The van der Waals surface area contributed by atoms with E-state index >= 15 is 0 Å². The van der Waals surface area contributed by atoms with Crippen LogP contribution in [0, 0.1) is 6.92 Å². The second kappa shape index (κ2) is 5.88. The summed E-state index contributed by atoms with van der Waals surface area (Å²) in [7, 11) is 0. The van der Waals surface area contributed by atoms with Crippen molar-refractivity contribution in [2.75, 3.05) is 0 Å². The summed E-state index contributed by atoms with van der Waals surface area (Å²) in [6.45, 7) is 3.53. The molecule has 4 aromatic rings. The molecule has 0 aliphatic carbocycles. The number of rotatable bonds is 2. The van der Waals surface area contributed by atoms with E-state index < -0.39 is 0 Å². The first-order chi connectivity index (χ1) is 12.4. The zero-order valence-corrected chi connectivity index (χ0v) is 14.6. The third-order valence-corrected chi connectivity index (χ3v) is 4.81. The molecule has 0 saturated carbocycles. The molecule has 0 amide bonds. The molecule has 3 nitrogen and oxygen atoms in total. The maximum atomic E-state index is 11.9. The lowest BCUT2D eigenvalue weighted by Crippen LogP contribution is -1.93. The molecule has 2 N–H and O–H groups in total. The fourth-order valence-corrected chi connectivity index (χ4v) is 3.59. The number of phenols is 2. The Kier molecular flexibility index (Phi) is 3.66. The van der Waals surface area contributed by atoms with Gasteiger partial charge in [-0.1, -0.05) is 24.3 Å². The lowest BCUT2D eigenvalue weighted by atomic mass is 9.90. The van der Waals surface area contributed by atoms with Crippen molar-refractivity contribution < 1.29 is 15.0 Å². The molecule has 0 radical (unpaired) electrons. The molecule has 0 bridgehead atoms. The quantitative estimate of drug-likeness (QED) is 0.369. The molecule has 0 unspecified atom stereocenters. The van der Waals surface area contributed by atoms with Gasteiger partial charge in [-0.3, -0.25) is 4.79 Å². The lowest BCUT2D eigenvalue weighted by molar-refractivity contribution is 0.101. The number of hydrogen-bond acceptors (Lipinski definition) is 3. The van der Waals surface area contributed by atoms with Crippen LogP contribution in [0.2, 0.25) is 0 Å². The van der Waals surface area contributed by atoms with Crippen molar-refractivity contribution in [1.29, 1.82) is 0 Å². The van der Waals surface area contributed by atoms with E-state index in [1.807, 2.05) is 43.3 Å². The topological polar surface area (TPSA) is 57.5 Å². The molecule has 0 aliphatic heterocycles. The van der Waals surface area contributed by atoms with Crippen molar-refractivity contribution in [2.24, 2.45) is 0 Å². The van der Waals surface area contributed by atoms with Gasteiger partial charge in [0.15, 0.2) is 5.78 Å². The highest BCUT2D eigenvalue weighted by Crippen LogP contribution is 2.38. The average Bonchev–Trinajstić information content (AvgIpc) is 2.60. The molecule has 26 heavy (non-hydrogen) atoms. The standard InChI is InChI=1S/C23H18O3/c1-13-9-19(26)10-17-12-21(15-3-6-18(25)7-4-15)22-11-16(14(2)24)5-8-20(22)23(13)17/h3-12,25-26H,1-2H3. The summed E-state index contributed by atoms with van der Waals surface area (Å²) in [6, 6.07) is 18.3. The maximum absolute atomic E-state index is 11.9. The highest BCUT2D eigenvalue weighted by atomic mass is 16.3. The first-order valence-corrected chi connectivity index (χ1v) is 8.44. The van der Waals surface area contributed by atoms with Gasteiger partial charge in [-0.25, -0.2) is 0 Å². The molecule has 0 atom stereocenters. The van der Waals surface area contributed by atoms with Crippen LogP contribution < -0.4 is 0 Å². The zero-order chi connectivity index (χ0) is 18.4. The number of fused-ring (bicyclic) bond motifs is 3. The highest BCUT2D eigenvalue weighted by molar-refractivity contribution is 6.16. The Balaban J connectivity index is 2.17. The molecule has 3 heteroatoms. The number of ketones is 1. The predicted octanol–water partition coefficient (Wildman–Crippen LogP) is 5.58. The van der Waals surface area contributed by atoms with Crippen molar-refractivity contribution in [2.45, 2.75) is 13.8 Å². The van der Waals surface area contributed by atoms with E-state index in [-0.39, 0.29) is 17.3 Å². The van der Waals surface area contributed by atoms with Crippen molar-refractivity contribution in [3.05, 3.63) is 71.8 Å². The van der Waals surface area contributed by atoms with Crippen LogP contribution in [-0.2, 0) is 0 Å². The summed E-state index contributed by atoms with van der Waals surface area (Å²) in [4.78, 5) is 11.9. The highest BCUT2D eigenvalue weighted by Gasteiger charge is 2.13. The third-order valence-electron chi connectivity index (χ3n) is 4.81. The van der Waals surface area contributed by atoms with Crippen LogP contribution in [0.1, 0.15) is 22.8 Å². The minimum absolute atomic E-state index is 0.0195. The predicted molar refractivity (Wildman–Crippen MR) is 105 cm³/mol. The number of carbonyl (C=O) groups is 1. The number of benzene rings is 4. The van der Waals surface area contributed by atoms with Crippen LogP contribution in [-0.4, -0.2) is 16.0 Å². The van der Waals surface area contributed by atoms with Gasteiger partial charge in [0.1, 0.15) is 11.5 Å². The van der Waals surface area contributed by atoms with Gasteiger partial charge in [-0.15, -0.1) is 0 Å². The summed E-state index contributed by atoms with van der Waals surface area (Å²) in [5.74, 6) is 0.453. The first-order valence-electron chi connectivity index (χ1n) is 8.44. The largest absolute Gasteiger partial charge is 0.508 e. The van der Waals surface area contributed by atoms with Gasteiger partial charge in [0, 0.05) is 5.56 Å². The van der Waals surface area contributed by atoms with Gasteiger partial charge >= 0.3 is 0 Å². The van der Waals surface area contributed by atoms with Crippen LogP contribution in [0.5, 0.6) is 11.5 Å². The van der Waals surface area contributed by atoms with Gasteiger partial charge in [-0.05, 0) is 88.5 Å². The second-order valence-corrected chi connectivity index (χ2v) is 6.65. The van der Waals surface area contributed by atoms with Crippen LogP contribution in [0.25, 0.3) is 32.7 Å². The summed E-state index contributed by atoms with van der Waals surface area (Å²) >= 11 is 0. The van der Waals surface area contributed by atoms with Gasteiger partial charge in [0.05, 0.1) is 0 Å². The minimum Gasteiger partial charge on any atom is -0.508 e. The molecule has 4 rings (SSSR count). The second-order valence-electron chi connectivity index (χ2n) is 6.65. The fourth-order valence-electron chi connectivity index (χ4n) is 3.59. The van der Waals surface area contributed by atoms with E-state index in [0.29, 0.717) is 5.56 Å². The Morgan fingerprint density at radius 2 is 1.54 bits per heavy atom. The Hall–Kier alpha value is -3.33. The van der Waals surface area contributed by atoms with Crippen LogP contribution in [0.3, 0.4) is 0 Å². The molecule has 0 aliphatic rings. The molecule has 0 spiro atoms.